The fraction of sp³-hybridized carbons (Fsp3) is 0.211. The lowest BCUT2D eigenvalue weighted by Gasteiger charge is -2.12. The van der Waals surface area contributed by atoms with Crippen molar-refractivity contribution in [3.8, 4) is 5.75 Å². The van der Waals surface area contributed by atoms with E-state index in [4.69, 9.17) is 16.3 Å². The van der Waals surface area contributed by atoms with Crippen LogP contribution < -0.4 is 10.1 Å². The molecule has 0 aliphatic carbocycles. The number of amides is 2. The Labute approximate surface area is 161 Å². The normalized spacial score (nSPS) is 11.5. The van der Waals surface area contributed by atoms with Crippen LogP contribution in [0, 0.1) is 0 Å². The molecule has 2 amide bonds. The topological polar surface area (TPSA) is 72.5 Å². The van der Waals surface area contributed by atoms with Crippen molar-refractivity contribution >= 4 is 41.5 Å². The van der Waals surface area contributed by atoms with Gasteiger partial charge >= 0.3 is 0 Å². The molecule has 2 rings (SSSR count). The lowest BCUT2D eigenvalue weighted by molar-refractivity contribution is -0.124. The van der Waals surface area contributed by atoms with Gasteiger partial charge in [0.2, 0.25) is 12.3 Å². The van der Waals surface area contributed by atoms with Gasteiger partial charge in [0.25, 0.3) is 0 Å². The summed E-state index contributed by atoms with van der Waals surface area (Å²) in [4.78, 5) is 34.2. The zero-order chi connectivity index (χ0) is 18.9. The Morgan fingerprint density at radius 3 is 2.38 bits per heavy atom. The summed E-state index contributed by atoms with van der Waals surface area (Å²) < 4.78 is 5.51. The van der Waals surface area contributed by atoms with Crippen molar-refractivity contribution in [3.05, 3.63) is 64.7 Å². The molecule has 5 nitrogen and oxygen atoms in total. The van der Waals surface area contributed by atoms with Crippen molar-refractivity contribution in [2.24, 2.45) is 0 Å². The van der Waals surface area contributed by atoms with Gasteiger partial charge in [-0.15, -0.1) is 0 Å². The second-order valence-electron chi connectivity index (χ2n) is 5.42. The van der Waals surface area contributed by atoms with Crippen LogP contribution >= 0.6 is 23.4 Å². The Balaban J connectivity index is 1.90. The van der Waals surface area contributed by atoms with Gasteiger partial charge in [0.05, 0.1) is 5.25 Å². The number of carbonyl (C=O) groups is 3. The predicted molar refractivity (Wildman–Crippen MR) is 103 cm³/mol. The third-order valence-electron chi connectivity index (χ3n) is 3.66. The summed E-state index contributed by atoms with van der Waals surface area (Å²) in [6, 6.07) is 13.8. The van der Waals surface area contributed by atoms with E-state index in [9.17, 15) is 14.4 Å². The minimum atomic E-state index is -0.349. The molecular weight excluding hydrogens is 374 g/mol. The van der Waals surface area contributed by atoms with Crippen molar-refractivity contribution in [1.82, 2.24) is 5.32 Å². The molecule has 7 heteroatoms. The van der Waals surface area contributed by atoms with Crippen molar-refractivity contribution in [1.29, 1.82) is 0 Å². The van der Waals surface area contributed by atoms with Crippen molar-refractivity contribution in [3.63, 3.8) is 0 Å². The number of hydrogen-bond acceptors (Lipinski definition) is 5. The number of imide groups is 1. The van der Waals surface area contributed by atoms with E-state index < -0.39 is 0 Å². The first kappa shape index (κ1) is 20.0. The van der Waals surface area contributed by atoms with Gasteiger partial charge in [-0.3, -0.25) is 19.7 Å². The Hall–Kier alpha value is -2.31. The van der Waals surface area contributed by atoms with E-state index in [1.54, 1.807) is 36.4 Å². The molecule has 0 saturated heterocycles. The van der Waals surface area contributed by atoms with E-state index in [0.717, 1.165) is 5.56 Å². The first-order valence-electron chi connectivity index (χ1n) is 7.81. The average molecular weight is 392 g/mol. The molecule has 1 N–H and O–H groups in total. The van der Waals surface area contributed by atoms with Crippen molar-refractivity contribution in [2.45, 2.75) is 11.7 Å². The maximum atomic E-state index is 12.1. The zero-order valence-electron chi connectivity index (χ0n) is 14.1. The fourth-order valence-electron chi connectivity index (χ4n) is 2.24. The number of carbonyl (C=O) groups excluding carboxylic acids is 3. The van der Waals surface area contributed by atoms with Crippen LogP contribution in [0.5, 0.6) is 5.75 Å². The number of thioether (sulfide) groups is 1. The molecule has 0 heterocycles. The van der Waals surface area contributed by atoms with E-state index in [0.29, 0.717) is 29.2 Å². The fourth-order valence-corrected chi connectivity index (χ4v) is 3.01. The van der Waals surface area contributed by atoms with Gasteiger partial charge in [0.1, 0.15) is 5.75 Å². The van der Waals surface area contributed by atoms with E-state index in [-0.39, 0.29) is 23.5 Å². The second-order valence-corrected chi connectivity index (χ2v) is 6.89. The second kappa shape index (κ2) is 9.99. The van der Waals surface area contributed by atoms with Crippen LogP contribution in [0.2, 0.25) is 5.02 Å². The molecule has 2 aromatic carbocycles. The lowest BCUT2D eigenvalue weighted by Crippen LogP contribution is -2.32. The molecule has 0 fully saturated rings. The summed E-state index contributed by atoms with van der Waals surface area (Å²) in [7, 11) is 0. The Morgan fingerprint density at radius 2 is 1.81 bits per heavy atom. The predicted octanol–water partition coefficient (Wildman–Crippen LogP) is 3.15. The Morgan fingerprint density at radius 1 is 1.15 bits per heavy atom. The largest absolute Gasteiger partial charge is 0.485 e. The van der Waals surface area contributed by atoms with Gasteiger partial charge < -0.3 is 4.74 Å². The SMILES string of the molecule is CSC(Cc1ccc(OCC(=O)c2ccc(Cl)cc2)cc1)C(=O)NC=O. The number of nitrogens with one attached hydrogen (secondary N) is 1. The molecular formula is C19H18ClNO4S. The molecule has 1 atom stereocenters. The first-order chi connectivity index (χ1) is 12.5. The molecule has 0 aliphatic rings. The molecule has 1 unspecified atom stereocenters. The molecule has 2 aromatic rings. The summed E-state index contributed by atoms with van der Waals surface area (Å²) >= 11 is 7.17. The van der Waals surface area contributed by atoms with Crippen molar-refractivity contribution < 1.29 is 19.1 Å². The maximum absolute atomic E-state index is 12.1. The van der Waals surface area contributed by atoms with Crippen LogP contribution in [-0.4, -0.2) is 36.2 Å². The molecule has 136 valence electrons. The van der Waals surface area contributed by atoms with E-state index in [2.05, 4.69) is 5.32 Å². The van der Waals surface area contributed by atoms with Crippen molar-refractivity contribution in [2.75, 3.05) is 12.9 Å². The Kier molecular flexibility index (Phi) is 7.69. The standard InChI is InChI=1S/C19H18ClNO4S/c1-26-18(19(24)21-12-22)10-13-2-8-16(9-3-13)25-11-17(23)14-4-6-15(20)7-5-14/h2-9,12,18H,10-11H2,1H3,(H,21,22,24). The monoisotopic (exact) mass is 391 g/mol. The zero-order valence-corrected chi connectivity index (χ0v) is 15.7. The number of ketones is 1. The summed E-state index contributed by atoms with van der Waals surface area (Å²) in [5, 5.41) is 2.39. The minimum absolute atomic E-state index is 0.0733. The van der Waals surface area contributed by atoms with Gasteiger partial charge in [-0.1, -0.05) is 23.7 Å². The van der Waals surface area contributed by atoms with E-state index in [1.807, 2.05) is 18.4 Å². The smallest absolute Gasteiger partial charge is 0.239 e. The van der Waals surface area contributed by atoms with Gasteiger partial charge in [-0.25, -0.2) is 0 Å². The average Bonchev–Trinajstić information content (AvgIpc) is 2.65. The molecule has 0 bridgehead atoms. The maximum Gasteiger partial charge on any atom is 0.239 e. The number of rotatable bonds is 9. The molecule has 0 saturated carbocycles. The summed E-state index contributed by atoms with van der Waals surface area (Å²) in [6.45, 7) is -0.0733. The molecule has 0 spiro atoms. The summed E-state index contributed by atoms with van der Waals surface area (Å²) in [5.41, 5.74) is 1.47. The van der Waals surface area contributed by atoms with Crippen LogP contribution in [-0.2, 0) is 16.0 Å². The van der Waals surface area contributed by atoms with Gasteiger partial charge in [-0.05, 0) is 54.6 Å². The number of Topliss-reactive ketones (excluding diaryl/α,β-unsaturated/α-hetero) is 1. The third kappa shape index (κ3) is 5.89. The van der Waals surface area contributed by atoms with Crippen LogP contribution in [0.15, 0.2) is 48.5 Å². The van der Waals surface area contributed by atoms with Gasteiger partial charge in [-0.2, -0.15) is 11.8 Å². The lowest BCUT2D eigenvalue weighted by atomic mass is 10.1. The van der Waals surface area contributed by atoms with Gasteiger partial charge in [0, 0.05) is 10.6 Å². The van der Waals surface area contributed by atoms with Crippen LogP contribution in [0.4, 0.5) is 0 Å². The Bertz CT molecular complexity index is 762. The van der Waals surface area contributed by atoms with Gasteiger partial charge in [0.15, 0.2) is 12.4 Å². The molecule has 0 aliphatic heterocycles. The molecule has 0 aromatic heterocycles. The van der Waals surface area contributed by atoms with E-state index >= 15 is 0 Å². The highest BCUT2D eigenvalue weighted by atomic mass is 35.5. The quantitative estimate of drug-likeness (QED) is 0.525. The number of hydrogen-bond donors (Lipinski definition) is 1. The van der Waals surface area contributed by atoms with Crippen LogP contribution in [0.25, 0.3) is 0 Å². The van der Waals surface area contributed by atoms with E-state index in [1.165, 1.54) is 11.8 Å². The van der Waals surface area contributed by atoms with Crippen LogP contribution in [0.1, 0.15) is 15.9 Å². The number of benzene rings is 2. The molecule has 0 radical (unpaired) electrons. The molecule has 26 heavy (non-hydrogen) atoms. The highest BCUT2D eigenvalue weighted by Gasteiger charge is 2.17. The number of halogens is 1. The first-order valence-corrected chi connectivity index (χ1v) is 9.47. The highest BCUT2D eigenvalue weighted by molar-refractivity contribution is 7.99. The highest BCUT2D eigenvalue weighted by Crippen LogP contribution is 2.18. The summed E-state index contributed by atoms with van der Waals surface area (Å²) in [5.74, 6) is 0.106. The van der Waals surface area contributed by atoms with Crippen LogP contribution in [0.3, 0.4) is 0 Å². The third-order valence-corrected chi connectivity index (χ3v) is 4.86. The minimum Gasteiger partial charge on any atom is -0.485 e. The number of ether oxygens (including phenoxy) is 1. The summed E-state index contributed by atoms with van der Waals surface area (Å²) in [6.07, 6.45) is 2.69.